The van der Waals surface area contributed by atoms with Gasteiger partial charge in [-0.05, 0) is 0 Å². The van der Waals surface area contributed by atoms with E-state index < -0.39 is 81.8 Å². The summed E-state index contributed by atoms with van der Waals surface area (Å²) in [5.41, 5.74) is 0. The van der Waals surface area contributed by atoms with E-state index in [4.69, 9.17) is 0 Å². The third-order valence-electron chi connectivity index (χ3n) is 5.12. The molecule has 0 rings (SSSR count). The van der Waals surface area contributed by atoms with Crippen LogP contribution in [0.3, 0.4) is 0 Å². The highest BCUT2D eigenvalue weighted by atomic mass is 32.2. The molecule has 0 atom stereocenters. The van der Waals surface area contributed by atoms with Crippen LogP contribution in [0.15, 0.2) is 0 Å². The minimum absolute atomic E-state index is 0.111. The fourth-order valence-electron chi connectivity index (χ4n) is 2.56. The predicted octanol–water partition coefficient (Wildman–Crippen LogP) is 6.24. The van der Waals surface area contributed by atoms with Crippen LogP contribution in [0.2, 0.25) is 0 Å². The Morgan fingerprint density at radius 2 is 0.738 bits per heavy atom. The van der Waals surface area contributed by atoms with E-state index in [9.17, 15) is 101 Å². The molecule has 0 unspecified atom stereocenters. The van der Waals surface area contributed by atoms with Crippen molar-refractivity contribution in [2.75, 3.05) is 34.2 Å². The van der Waals surface area contributed by atoms with Gasteiger partial charge >= 0.3 is 58.8 Å². The Balaban J connectivity index is 6.92. The van der Waals surface area contributed by atoms with E-state index in [1.165, 1.54) is 21.1 Å². The Kier molecular flexibility index (Phi) is 10.1. The highest BCUT2D eigenvalue weighted by Gasteiger charge is 2.98. The monoisotopic (exact) mass is 699 g/mol. The van der Waals surface area contributed by atoms with Gasteiger partial charge in [0.15, 0.2) is 0 Å². The van der Waals surface area contributed by atoms with Crippen LogP contribution in [0.1, 0.15) is 6.42 Å². The molecular formula is C16H16F21N2O2S+. The maximum Gasteiger partial charge on any atom is 0.460 e. The summed E-state index contributed by atoms with van der Waals surface area (Å²) in [6.07, 6.45) is -8.69. The van der Waals surface area contributed by atoms with Crippen LogP contribution in [0.25, 0.3) is 0 Å². The first-order valence-electron chi connectivity index (χ1n) is 9.97. The van der Waals surface area contributed by atoms with Crippen molar-refractivity contribution in [2.45, 2.75) is 65.2 Å². The third-order valence-corrected chi connectivity index (χ3v) is 6.63. The summed E-state index contributed by atoms with van der Waals surface area (Å²) >= 11 is 0. The van der Waals surface area contributed by atoms with Crippen LogP contribution in [0, 0.1) is 0 Å². The molecule has 0 heterocycles. The molecule has 254 valence electrons. The summed E-state index contributed by atoms with van der Waals surface area (Å²) in [5, 5.41) is -7.75. The molecule has 0 aliphatic heterocycles. The molecule has 1 N–H and O–H groups in total. The third kappa shape index (κ3) is 5.66. The van der Waals surface area contributed by atoms with E-state index >= 15 is 0 Å². The van der Waals surface area contributed by atoms with Gasteiger partial charge in [-0.1, -0.05) is 0 Å². The van der Waals surface area contributed by atoms with Crippen LogP contribution in [-0.2, 0) is 10.0 Å². The summed E-state index contributed by atoms with van der Waals surface area (Å²) in [5.74, 6) is -72.1. The largest absolute Gasteiger partial charge is 0.460 e. The van der Waals surface area contributed by atoms with E-state index in [0.29, 0.717) is 4.72 Å². The van der Waals surface area contributed by atoms with Gasteiger partial charge in [-0.3, -0.25) is 0 Å². The van der Waals surface area contributed by atoms with Crippen LogP contribution in [-0.4, -0.2) is 106 Å². The molecule has 0 aliphatic carbocycles. The normalized spacial score (nSPS) is 16.7. The van der Waals surface area contributed by atoms with Crippen molar-refractivity contribution < 1.29 is 105 Å². The molecule has 26 heteroatoms. The number of nitrogens with one attached hydrogen (secondary N) is 1. The summed E-state index contributed by atoms with van der Waals surface area (Å²) in [6.45, 7) is -1.61. The van der Waals surface area contributed by atoms with Gasteiger partial charge in [-0.15, -0.1) is 0 Å². The van der Waals surface area contributed by atoms with Crippen molar-refractivity contribution in [1.82, 2.24) is 4.72 Å². The molecule has 0 saturated heterocycles. The van der Waals surface area contributed by atoms with Crippen molar-refractivity contribution in [3.05, 3.63) is 0 Å². The zero-order chi connectivity index (χ0) is 34.8. The minimum atomic E-state index is -9.33. The zero-order valence-corrected chi connectivity index (χ0v) is 21.0. The molecule has 0 aromatic carbocycles. The standard InChI is InChI=1S/C16H16F21N2O2S/c1-39(2,3)6-4-5-38-42(40,41)16(36,37)14(31,32)12(27,28)10(23,24)8(19,20)7(17,18)9(21,22)11(25,26)13(29,30)15(33,34)35/h38H,4-6H2,1-3H3/q+1. The number of alkyl halides is 21. The Morgan fingerprint density at radius 1 is 0.476 bits per heavy atom. The molecule has 0 fully saturated rings. The highest BCUT2D eigenvalue weighted by Crippen LogP contribution is 2.66. The molecule has 0 amide bonds. The van der Waals surface area contributed by atoms with Gasteiger partial charge < -0.3 is 4.48 Å². The molecule has 0 saturated carbocycles. The summed E-state index contributed by atoms with van der Waals surface area (Å²) in [6, 6.07) is 0. The number of rotatable bonds is 14. The Labute approximate surface area is 220 Å². The van der Waals surface area contributed by atoms with Gasteiger partial charge in [0.2, 0.25) is 0 Å². The smallest absolute Gasteiger partial charge is 0.331 e. The fraction of sp³-hybridized carbons (Fsp3) is 1.00. The maximum absolute atomic E-state index is 13.9. The molecule has 0 spiro atoms. The molecule has 0 bridgehead atoms. The SMILES string of the molecule is C[N+](C)(C)CCCNS(=O)(=O)C(F)(F)C(F)(F)C(F)(F)C(F)(F)C(F)(F)C(F)(F)C(F)(F)C(F)(F)C(F)(F)C(F)(F)F. The summed E-state index contributed by atoms with van der Waals surface area (Å²) in [7, 11) is -3.34. The zero-order valence-electron chi connectivity index (χ0n) is 20.2. The van der Waals surface area contributed by atoms with Gasteiger partial charge in [-0.25, -0.2) is 13.1 Å². The average molecular weight is 699 g/mol. The molecule has 0 aliphatic rings. The number of halogens is 21. The van der Waals surface area contributed by atoms with Crippen LogP contribution in [0.5, 0.6) is 0 Å². The number of hydrogen-bond donors (Lipinski definition) is 1. The Bertz CT molecular complexity index is 1070. The minimum Gasteiger partial charge on any atom is -0.331 e. The second kappa shape index (κ2) is 10.5. The molecule has 0 aromatic heterocycles. The second-order valence-electron chi connectivity index (χ2n) is 9.37. The van der Waals surface area contributed by atoms with Crippen LogP contribution in [0.4, 0.5) is 92.2 Å². The molecular weight excluding hydrogens is 683 g/mol. The van der Waals surface area contributed by atoms with Crippen molar-refractivity contribution in [3.63, 3.8) is 0 Å². The average Bonchev–Trinajstić information content (AvgIpc) is 2.74. The lowest BCUT2D eigenvalue weighted by Crippen LogP contribution is -2.77. The number of quaternary nitrogens is 1. The quantitative estimate of drug-likeness (QED) is 0.133. The number of hydrogen-bond acceptors (Lipinski definition) is 2. The van der Waals surface area contributed by atoms with Crippen LogP contribution < -0.4 is 4.72 Å². The second-order valence-corrected chi connectivity index (χ2v) is 11.2. The lowest BCUT2D eigenvalue weighted by Gasteiger charge is -2.44. The van der Waals surface area contributed by atoms with E-state index in [1.807, 2.05) is 0 Å². The topological polar surface area (TPSA) is 46.2 Å². The summed E-state index contributed by atoms with van der Waals surface area (Å²) in [4.78, 5) is 0. The Morgan fingerprint density at radius 3 is 1.00 bits per heavy atom. The summed E-state index contributed by atoms with van der Waals surface area (Å²) < 4.78 is 303. The van der Waals surface area contributed by atoms with Gasteiger partial charge in [0.1, 0.15) is 0 Å². The maximum atomic E-state index is 13.9. The lowest BCUT2D eigenvalue weighted by atomic mass is 9.87. The molecule has 4 nitrogen and oxygen atoms in total. The van der Waals surface area contributed by atoms with Gasteiger partial charge in [0.05, 0.1) is 27.7 Å². The van der Waals surface area contributed by atoms with Crippen molar-refractivity contribution in [3.8, 4) is 0 Å². The Hall–Kier alpha value is -1.60. The highest BCUT2D eigenvalue weighted by molar-refractivity contribution is 7.90. The van der Waals surface area contributed by atoms with Gasteiger partial charge in [-0.2, -0.15) is 92.2 Å². The van der Waals surface area contributed by atoms with Crippen molar-refractivity contribution in [1.29, 1.82) is 0 Å². The van der Waals surface area contributed by atoms with Gasteiger partial charge in [0.25, 0.3) is 10.0 Å². The first-order chi connectivity index (χ1) is 17.7. The van der Waals surface area contributed by atoms with E-state index in [1.54, 1.807) is 0 Å². The van der Waals surface area contributed by atoms with Gasteiger partial charge in [0, 0.05) is 13.0 Å². The first-order valence-corrected chi connectivity index (χ1v) is 11.5. The fourth-order valence-corrected chi connectivity index (χ4v) is 3.62. The molecule has 42 heavy (non-hydrogen) atoms. The van der Waals surface area contributed by atoms with E-state index in [2.05, 4.69) is 0 Å². The number of sulfonamides is 1. The van der Waals surface area contributed by atoms with E-state index in [-0.39, 0.29) is 11.0 Å². The number of nitrogens with zero attached hydrogens (tertiary/aromatic N) is 1. The lowest BCUT2D eigenvalue weighted by molar-refractivity contribution is -0.870. The van der Waals surface area contributed by atoms with E-state index in [0.717, 1.165) is 0 Å². The van der Waals surface area contributed by atoms with Crippen molar-refractivity contribution >= 4 is 10.0 Å². The molecule has 0 radical (unpaired) electrons. The van der Waals surface area contributed by atoms with Crippen molar-refractivity contribution in [2.24, 2.45) is 0 Å². The van der Waals surface area contributed by atoms with Crippen LogP contribution >= 0.6 is 0 Å². The predicted molar refractivity (Wildman–Crippen MR) is 95.0 cm³/mol. The molecule has 0 aromatic rings. The first kappa shape index (κ1) is 40.4.